The number of halogens is 2. The molecule has 5 nitrogen and oxygen atoms in total. The lowest BCUT2D eigenvalue weighted by molar-refractivity contribution is -0.127. The van der Waals surface area contributed by atoms with Crippen molar-refractivity contribution in [3.8, 4) is 11.5 Å². The van der Waals surface area contributed by atoms with E-state index in [1.54, 1.807) is 19.1 Å². The summed E-state index contributed by atoms with van der Waals surface area (Å²) >= 11 is 9.17. The molecule has 0 aliphatic carbocycles. The van der Waals surface area contributed by atoms with Gasteiger partial charge in [-0.25, -0.2) is 5.43 Å². The number of nitrogens with one attached hydrogen (secondary N) is 1. The second-order valence-corrected chi connectivity index (χ2v) is 5.92. The van der Waals surface area contributed by atoms with Gasteiger partial charge in [0, 0.05) is 10.6 Å². The lowest BCUT2D eigenvalue weighted by Gasteiger charge is -2.13. The van der Waals surface area contributed by atoms with Gasteiger partial charge in [-0.1, -0.05) is 23.7 Å². The van der Waals surface area contributed by atoms with E-state index in [0.29, 0.717) is 16.3 Å². The van der Waals surface area contributed by atoms with E-state index in [0.717, 1.165) is 4.47 Å². The minimum Gasteiger partial charge on any atom is -0.507 e. The van der Waals surface area contributed by atoms with Gasteiger partial charge in [0.1, 0.15) is 11.5 Å². The smallest absolute Gasteiger partial charge is 0.280 e. The number of hydrazone groups is 1. The minimum absolute atomic E-state index is 0.0184. The van der Waals surface area contributed by atoms with Crippen molar-refractivity contribution in [1.29, 1.82) is 0 Å². The fraction of sp³-hybridized carbons (Fsp3) is 0.125. The van der Waals surface area contributed by atoms with Crippen LogP contribution < -0.4 is 10.2 Å². The molecular formula is C16H14BrClN2O3. The van der Waals surface area contributed by atoms with Gasteiger partial charge in [0.05, 0.1) is 10.7 Å². The van der Waals surface area contributed by atoms with Crippen molar-refractivity contribution in [2.45, 2.75) is 13.0 Å². The molecule has 0 aromatic heterocycles. The van der Waals surface area contributed by atoms with E-state index >= 15 is 0 Å². The van der Waals surface area contributed by atoms with Crippen LogP contribution in [0.5, 0.6) is 11.5 Å². The maximum absolute atomic E-state index is 11.9. The molecule has 0 spiro atoms. The molecule has 0 aliphatic heterocycles. The molecule has 7 heteroatoms. The van der Waals surface area contributed by atoms with Crippen LogP contribution >= 0.6 is 27.5 Å². The molecule has 2 N–H and O–H groups in total. The number of phenols is 1. The first-order valence-electron chi connectivity index (χ1n) is 6.70. The van der Waals surface area contributed by atoms with Crippen LogP contribution in [0.4, 0.5) is 0 Å². The number of hydrogen-bond donors (Lipinski definition) is 2. The highest BCUT2D eigenvalue weighted by atomic mass is 79.9. The number of ether oxygens (including phenoxy) is 1. The monoisotopic (exact) mass is 396 g/mol. The van der Waals surface area contributed by atoms with Crippen molar-refractivity contribution in [2.24, 2.45) is 5.10 Å². The molecule has 1 atom stereocenters. The van der Waals surface area contributed by atoms with E-state index in [4.69, 9.17) is 16.3 Å². The fourth-order valence-corrected chi connectivity index (χ4v) is 2.23. The van der Waals surface area contributed by atoms with Crippen LogP contribution in [-0.4, -0.2) is 23.3 Å². The number of hydrogen-bond acceptors (Lipinski definition) is 4. The summed E-state index contributed by atoms with van der Waals surface area (Å²) in [6, 6.07) is 11.8. The Morgan fingerprint density at radius 2 is 2.13 bits per heavy atom. The van der Waals surface area contributed by atoms with Crippen LogP contribution in [0.15, 0.2) is 52.0 Å². The number of carbonyl (C=O) groups excluding carboxylic acids is 1. The molecule has 0 saturated heterocycles. The quantitative estimate of drug-likeness (QED) is 0.596. The Bertz CT molecular complexity index is 737. The summed E-state index contributed by atoms with van der Waals surface area (Å²) in [5.41, 5.74) is 2.75. The maximum atomic E-state index is 11.9. The molecule has 2 rings (SSSR count). The molecule has 2 aromatic rings. The van der Waals surface area contributed by atoms with E-state index < -0.39 is 12.0 Å². The number of para-hydroxylation sites is 1. The number of aromatic hydroxyl groups is 1. The molecule has 0 fully saturated rings. The number of rotatable bonds is 5. The molecule has 1 amide bonds. The second kappa shape index (κ2) is 7.99. The fourth-order valence-electron chi connectivity index (χ4n) is 1.67. The Balaban J connectivity index is 1.95. The Labute approximate surface area is 147 Å². The van der Waals surface area contributed by atoms with Gasteiger partial charge >= 0.3 is 0 Å². The summed E-state index contributed by atoms with van der Waals surface area (Å²) in [6.07, 6.45) is 0.573. The van der Waals surface area contributed by atoms with Crippen LogP contribution in [-0.2, 0) is 4.79 Å². The van der Waals surface area contributed by atoms with Crippen LogP contribution in [0.2, 0.25) is 5.02 Å². The topological polar surface area (TPSA) is 70.9 Å². The van der Waals surface area contributed by atoms with Gasteiger partial charge in [-0.2, -0.15) is 5.10 Å². The van der Waals surface area contributed by atoms with Gasteiger partial charge in [-0.05, 0) is 53.2 Å². The van der Waals surface area contributed by atoms with Gasteiger partial charge in [0.2, 0.25) is 0 Å². The van der Waals surface area contributed by atoms with Crippen LogP contribution in [0, 0.1) is 0 Å². The maximum Gasteiger partial charge on any atom is 0.280 e. The first-order chi connectivity index (χ1) is 11.0. The molecular weight excluding hydrogens is 384 g/mol. The highest BCUT2D eigenvalue weighted by molar-refractivity contribution is 9.10. The SMILES string of the molecule is C[C@@H](Oc1ccccc1Br)C(=O)N/N=C\c1cc(Cl)ccc1O. The van der Waals surface area contributed by atoms with Crippen molar-refractivity contribution in [1.82, 2.24) is 5.43 Å². The van der Waals surface area contributed by atoms with Crippen molar-refractivity contribution in [3.63, 3.8) is 0 Å². The Morgan fingerprint density at radius 1 is 1.39 bits per heavy atom. The van der Waals surface area contributed by atoms with E-state index in [-0.39, 0.29) is 5.75 Å². The summed E-state index contributed by atoms with van der Waals surface area (Å²) in [4.78, 5) is 11.9. The standard InChI is InChI=1S/C16H14BrClN2O3/c1-10(23-15-5-3-2-4-13(15)17)16(22)20-19-9-11-8-12(18)6-7-14(11)21/h2-10,21H,1H3,(H,20,22)/b19-9-/t10-/m1/s1. The third kappa shape index (κ3) is 4.97. The van der Waals surface area contributed by atoms with Gasteiger partial charge in [0.25, 0.3) is 5.91 Å². The summed E-state index contributed by atoms with van der Waals surface area (Å²) in [7, 11) is 0. The van der Waals surface area contributed by atoms with Gasteiger partial charge in [-0.15, -0.1) is 0 Å². The molecule has 0 saturated carbocycles. The minimum atomic E-state index is -0.737. The first-order valence-corrected chi connectivity index (χ1v) is 7.87. The van der Waals surface area contributed by atoms with E-state index in [2.05, 4.69) is 26.5 Å². The Hall–Kier alpha value is -2.05. The number of benzene rings is 2. The largest absolute Gasteiger partial charge is 0.507 e. The molecule has 2 aromatic carbocycles. The zero-order chi connectivity index (χ0) is 16.8. The third-order valence-electron chi connectivity index (χ3n) is 2.88. The molecule has 120 valence electrons. The second-order valence-electron chi connectivity index (χ2n) is 4.63. The number of nitrogens with zero attached hydrogens (tertiary/aromatic N) is 1. The summed E-state index contributed by atoms with van der Waals surface area (Å²) in [5.74, 6) is 0.162. The summed E-state index contributed by atoms with van der Waals surface area (Å²) in [5, 5.41) is 13.9. The highest BCUT2D eigenvalue weighted by Gasteiger charge is 2.15. The van der Waals surface area contributed by atoms with Crippen LogP contribution in [0.1, 0.15) is 12.5 Å². The van der Waals surface area contributed by atoms with Crippen molar-refractivity contribution < 1.29 is 14.6 Å². The molecule has 0 radical (unpaired) electrons. The average molecular weight is 398 g/mol. The van der Waals surface area contributed by atoms with Gasteiger partial charge in [0.15, 0.2) is 6.10 Å². The summed E-state index contributed by atoms with van der Waals surface area (Å²) < 4.78 is 6.31. The molecule has 0 heterocycles. The lowest BCUT2D eigenvalue weighted by Crippen LogP contribution is -2.33. The van der Waals surface area contributed by atoms with Crippen LogP contribution in [0.3, 0.4) is 0 Å². The summed E-state index contributed by atoms with van der Waals surface area (Å²) in [6.45, 7) is 1.61. The normalized spacial score (nSPS) is 12.1. The average Bonchev–Trinajstić information content (AvgIpc) is 2.52. The number of phenolic OH excluding ortho intramolecular Hbond substituents is 1. The molecule has 0 unspecified atom stereocenters. The van der Waals surface area contributed by atoms with E-state index in [1.165, 1.54) is 18.3 Å². The molecule has 0 bridgehead atoms. The van der Waals surface area contributed by atoms with Gasteiger partial charge < -0.3 is 9.84 Å². The first kappa shape index (κ1) is 17.3. The predicted octanol–water partition coefficient (Wildman–Crippen LogP) is 3.73. The van der Waals surface area contributed by atoms with Crippen molar-refractivity contribution in [3.05, 3.63) is 57.5 Å². The van der Waals surface area contributed by atoms with E-state index in [1.807, 2.05) is 18.2 Å². The Kier molecular flexibility index (Phi) is 6.01. The third-order valence-corrected chi connectivity index (χ3v) is 3.77. The van der Waals surface area contributed by atoms with E-state index in [9.17, 15) is 9.90 Å². The molecule has 0 aliphatic rings. The van der Waals surface area contributed by atoms with Crippen molar-refractivity contribution in [2.75, 3.05) is 0 Å². The van der Waals surface area contributed by atoms with Crippen molar-refractivity contribution >= 4 is 39.7 Å². The number of carbonyl (C=O) groups is 1. The zero-order valence-corrected chi connectivity index (χ0v) is 14.5. The van der Waals surface area contributed by atoms with Gasteiger partial charge in [-0.3, -0.25) is 4.79 Å². The highest BCUT2D eigenvalue weighted by Crippen LogP contribution is 2.24. The predicted molar refractivity (Wildman–Crippen MR) is 93.1 cm³/mol. The lowest BCUT2D eigenvalue weighted by atomic mass is 10.2. The van der Waals surface area contributed by atoms with Crippen LogP contribution in [0.25, 0.3) is 0 Å². The Morgan fingerprint density at radius 3 is 2.87 bits per heavy atom. The number of amides is 1. The molecule has 23 heavy (non-hydrogen) atoms. The zero-order valence-electron chi connectivity index (χ0n) is 12.2.